The molecule has 2 heteroatoms. The molecule has 0 aliphatic heterocycles. The highest BCUT2D eigenvalue weighted by Crippen LogP contribution is 2.27. The van der Waals surface area contributed by atoms with Gasteiger partial charge in [-0.15, -0.1) is 0 Å². The molecule has 0 aromatic heterocycles. The molecule has 1 saturated carbocycles. The van der Waals surface area contributed by atoms with E-state index >= 15 is 0 Å². The van der Waals surface area contributed by atoms with Crippen LogP contribution >= 0.6 is 0 Å². The molecule has 0 spiro atoms. The highest BCUT2D eigenvalue weighted by atomic mass is 16.1. The third-order valence-electron chi connectivity index (χ3n) is 4.10. The summed E-state index contributed by atoms with van der Waals surface area (Å²) in [6.07, 6.45) is 5.38. The largest absolute Gasteiger partial charge is 0.303 e. The zero-order chi connectivity index (χ0) is 12.1. The Balaban J connectivity index is 2.48. The van der Waals surface area contributed by atoms with Crippen LogP contribution in [-0.4, -0.2) is 30.3 Å². The number of carbonyl (C=O) groups excluding carboxylic acids is 1. The Labute approximate surface area is 100 Å². The zero-order valence-corrected chi connectivity index (χ0v) is 11.3. The van der Waals surface area contributed by atoms with Gasteiger partial charge in [-0.25, -0.2) is 0 Å². The van der Waals surface area contributed by atoms with Gasteiger partial charge in [0.1, 0.15) is 5.78 Å². The molecule has 1 rings (SSSR count). The van der Waals surface area contributed by atoms with E-state index in [0.29, 0.717) is 17.7 Å². The number of rotatable bonds is 5. The lowest BCUT2D eigenvalue weighted by molar-refractivity contribution is -0.126. The van der Waals surface area contributed by atoms with Crippen LogP contribution in [-0.2, 0) is 4.79 Å². The van der Waals surface area contributed by atoms with Gasteiger partial charge in [-0.1, -0.05) is 20.8 Å². The smallest absolute Gasteiger partial charge is 0.137 e. The van der Waals surface area contributed by atoms with E-state index in [1.165, 1.54) is 12.8 Å². The number of nitrogens with zero attached hydrogens (tertiary/aromatic N) is 1. The van der Waals surface area contributed by atoms with Crippen molar-refractivity contribution in [3.63, 3.8) is 0 Å². The summed E-state index contributed by atoms with van der Waals surface area (Å²) in [6, 6.07) is 0.644. The molecule has 1 aliphatic carbocycles. The minimum absolute atomic E-state index is 0.300. The lowest BCUT2D eigenvalue weighted by Crippen LogP contribution is -2.39. The van der Waals surface area contributed by atoms with E-state index in [-0.39, 0.29) is 0 Å². The van der Waals surface area contributed by atoms with Gasteiger partial charge in [0.05, 0.1) is 0 Å². The minimum Gasteiger partial charge on any atom is -0.303 e. The maximum absolute atomic E-state index is 11.8. The Morgan fingerprint density at radius 3 is 2.56 bits per heavy atom. The monoisotopic (exact) mass is 225 g/mol. The summed E-state index contributed by atoms with van der Waals surface area (Å²) in [4.78, 5) is 14.2. The molecule has 94 valence electrons. The van der Waals surface area contributed by atoms with E-state index in [1.54, 1.807) is 0 Å². The van der Waals surface area contributed by atoms with E-state index in [2.05, 4.69) is 32.7 Å². The van der Waals surface area contributed by atoms with Crippen molar-refractivity contribution in [2.45, 2.75) is 58.9 Å². The summed E-state index contributed by atoms with van der Waals surface area (Å²) in [7, 11) is 2.17. The highest BCUT2D eigenvalue weighted by molar-refractivity contribution is 5.81. The highest BCUT2D eigenvalue weighted by Gasteiger charge is 2.28. The lowest BCUT2D eigenvalue weighted by atomic mass is 9.81. The van der Waals surface area contributed by atoms with Crippen molar-refractivity contribution in [3.8, 4) is 0 Å². The van der Waals surface area contributed by atoms with Crippen LogP contribution in [0.15, 0.2) is 0 Å². The fourth-order valence-corrected chi connectivity index (χ4v) is 2.91. The normalized spacial score (nSPS) is 26.8. The second-order valence-electron chi connectivity index (χ2n) is 5.45. The maximum Gasteiger partial charge on any atom is 0.137 e. The molecule has 0 aromatic rings. The first-order chi connectivity index (χ1) is 7.58. The number of hydrogen-bond acceptors (Lipinski definition) is 2. The molecule has 2 atom stereocenters. The van der Waals surface area contributed by atoms with Gasteiger partial charge < -0.3 is 4.90 Å². The Bertz CT molecular complexity index is 223. The third-order valence-corrected chi connectivity index (χ3v) is 4.10. The van der Waals surface area contributed by atoms with Gasteiger partial charge in [0.2, 0.25) is 0 Å². The predicted octanol–water partition coefficient (Wildman–Crippen LogP) is 3.11. The van der Waals surface area contributed by atoms with Crippen molar-refractivity contribution >= 4 is 5.78 Å². The van der Waals surface area contributed by atoms with Gasteiger partial charge in [-0.05, 0) is 38.6 Å². The Hall–Kier alpha value is -0.370. The van der Waals surface area contributed by atoms with Crippen molar-refractivity contribution in [2.24, 2.45) is 11.8 Å². The summed E-state index contributed by atoms with van der Waals surface area (Å²) in [5.41, 5.74) is 0. The van der Waals surface area contributed by atoms with E-state index < -0.39 is 0 Å². The molecule has 0 heterocycles. The second-order valence-corrected chi connectivity index (χ2v) is 5.45. The van der Waals surface area contributed by atoms with Crippen molar-refractivity contribution in [2.75, 3.05) is 13.6 Å². The van der Waals surface area contributed by atoms with Crippen molar-refractivity contribution in [3.05, 3.63) is 0 Å². The minimum atomic E-state index is 0.300. The fraction of sp³-hybridized carbons (Fsp3) is 0.929. The first kappa shape index (κ1) is 13.7. The van der Waals surface area contributed by atoms with Crippen LogP contribution in [0, 0.1) is 11.8 Å². The van der Waals surface area contributed by atoms with Gasteiger partial charge in [0.25, 0.3) is 0 Å². The SMILES string of the molecule is CCC(CC)N(C)CC1CC(C)CCC1=O. The zero-order valence-electron chi connectivity index (χ0n) is 11.3. The molecule has 1 aliphatic rings. The van der Waals surface area contributed by atoms with Crippen molar-refractivity contribution in [1.82, 2.24) is 4.90 Å². The number of ketones is 1. The van der Waals surface area contributed by atoms with Crippen LogP contribution in [0.3, 0.4) is 0 Å². The quantitative estimate of drug-likeness (QED) is 0.716. The van der Waals surface area contributed by atoms with Crippen LogP contribution in [0.4, 0.5) is 0 Å². The third kappa shape index (κ3) is 3.58. The predicted molar refractivity (Wildman–Crippen MR) is 68.5 cm³/mol. The summed E-state index contributed by atoms with van der Waals surface area (Å²) < 4.78 is 0. The molecule has 0 N–H and O–H groups in total. The average molecular weight is 225 g/mol. The Morgan fingerprint density at radius 2 is 2.00 bits per heavy atom. The average Bonchev–Trinajstić information content (AvgIpc) is 2.25. The van der Waals surface area contributed by atoms with Gasteiger partial charge in [-0.3, -0.25) is 4.79 Å². The van der Waals surface area contributed by atoms with E-state index in [9.17, 15) is 4.79 Å². The van der Waals surface area contributed by atoms with Gasteiger partial charge in [-0.2, -0.15) is 0 Å². The molecule has 1 fully saturated rings. The van der Waals surface area contributed by atoms with E-state index in [4.69, 9.17) is 0 Å². The molecular formula is C14H27NO. The molecule has 0 amide bonds. The number of Topliss-reactive ketones (excluding diaryl/α,β-unsaturated/α-hetero) is 1. The standard InChI is InChI=1S/C14H27NO/c1-5-13(6-2)15(4)10-12-9-11(3)7-8-14(12)16/h11-13H,5-10H2,1-4H3. The first-order valence-corrected chi connectivity index (χ1v) is 6.81. The molecule has 0 aromatic carbocycles. The second kappa shape index (κ2) is 6.39. The topological polar surface area (TPSA) is 20.3 Å². The van der Waals surface area contributed by atoms with Crippen LogP contribution in [0.25, 0.3) is 0 Å². The molecule has 16 heavy (non-hydrogen) atoms. The lowest BCUT2D eigenvalue weighted by Gasteiger charge is -2.33. The molecule has 0 radical (unpaired) electrons. The summed E-state index contributed by atoms with van der Waals surface area (Å²) in [6.45, 7) is 7.71. The first-order valence-electron chi connectivity index (χ1n) is 6.81. The molecular weight excluding hydrogens is 198 g/mol. The van der Waals surface area contributed by atoms with Gasteiger partial charge in [0, 0.05) is 24.9 Å². The summed E-state index contributed by atoms with van der Waals surface area (Å²) >= 11 is 0. The van der Waals surface area contributed by atoms with Gasteiger partial charge in [0.15, 0.2) is 0 Å². The summed E-state index contributed by atoms with van der Waals surface area (Å²) in [5, 5.41) is 0. The van der Waals surface area contributed by atoms with Gasteiger partial charge >= 0.3 is 0 Å². The van der Waals surface area contributed by atoms with Crippen LogP contribution < -0.4 is 0 Å². The summed E-state index contributed by atoms with van der Waals surface area (Å²) in [5.74, 6) is 1.53. The Morgan fingerprint density at radius 1 is 1.38 bits per heavy atom. The van der Waals surface area contributed by atoms with Crippen molar-refractivity contribution < 1.29 is 4.79 Å². The Kier molecular flexibility index (Phi) is 5.47. The maximum atomic E-state index is 11.8. The molecule has 2 nitrogen and oxygen atoms in total. The van der Waals surface area contributed by atoms with E-state index in [0.717, 1.165) is 31.7 Å². The van der Waals surface area contributed by atoms with Crippen molar-refractivity contribution in [1.29, 1.82) is 0 Å². The number of hydrogen-bond donors (Lipinski definition) is 0. The van der Waals surface area contributed by atoms with Crippen LogP contribution in [0.2, 0.25) is 0 Å². The molecule has 2 unspecified atom stereocenters. The number of carbonyl (C=O) groups is 1. The van der Waals surface area contributed by atoms with Crippen LogP contribution in [0.1, 0.15) is 52.9 Å². The van der Waals surface area contributed by atoms with E-state index in [1.807, 2.05) is 0 Å². The molecule has 0 saturated heterocycles. The van der Waals surface area contributed by atoms with Crippen LogP contribution in [0.5, 0.6) is 0 Å². The fourth-order valence-electron chi connectivity index (χ4n) is 2.91. The molecule has 0 bridgehead atoms.